The summed E-state index contributed by atoms with van der Waals surface area (Å²) < 4.78 is 11.8. The van der Waals surface area contributed by atoms with E-state index in [1.165, 1.54) is 0 Å². The summed E-state index contributed by atoms with van der Waals surface area (Å²) in [5.41, 5.74) is 2.26. The molecule has 1 aromatic heterocycles. The van der Waals surface area contributed by atoms with Crippen molar-refractivity contribution in [1.29, 1.82) is 0 Å². The number of benzene rings is 3. The van der Waals surface area contributed by atoms with Gasteiger partial charge in [-0.3, -0.25) is 9.59 Å². The SMILES string of the molecule is Cc1ccc2c(=O)c(OCC(=O)c3ccccc3)c(-c3ccc(Cl)cc3)oc2c1. The van der Waals surface area contributed by atoms with Gasteiger partial charge >= 0.3 is 0 Å². The second kappa shape index (κ2) is 7.94. The number of halogens is 1. The molecule has 0 bridgehead atoms. The lowest BCUT2D eigenvalue weighted by atomic mass is 10.1. The number of rotatable bonds is 5. The quantitative estimate of drug-likeness (QED) is 0.401. The molecule has 0 aliphatic heterocycles. The molecule has 0 saturated carbocycles. The van der Waals surface area contributed by atoms with Crippen LogP contribution in [-0.2, 0) is 0 Å². The first-order valence-electron chi connectivity index (χ1n) is 9.07. The van der Waals surface area contributed by atoms with Gasteiger partial charge in [-0.05, 0) is 48.9 Å². The van der Waals surface area contributed by atoms with Gasteiger partial charge in [-0.15, -0.1) is 0 Å². The van der Waals surface area contributed by atoms with E-state index in [0.29, 0.717) is 27.1 Å². The zero-order valence-electron chi connectivity index (χ0n) is 15.6. The molecule has 0 fully saturated rings. The highest BCUT2D eigenvalue weighted by molar-refractivity contribution is 6.30. The molecule has 0 aliphatic rings. The Bertz CT molecular complexity index is 1240. The monoisotopic (exact) mass is 404 g/mol. The minimum Gasteiger partial charge on any atom is -0.478 e. The van der Waals surface area contributed by atoms with Crippen molar-refractivity contribution < 1.29 is 13.9 Å². The molecule has 144 valence electrons. The summed E-state index contributed by atoms with van der Waals surface area (Å²) in [6.45, 7) is 1.65. The molecule has 0 spiro atoms. The van der Waals surface area contributed by atoms with Crippen LogP contribution in [0.1, 0.15) is 15.9 Å². The number of carbonyl (C=O) groups is 1. The molecule has 0 unspecified atom stereocenters. The fourth-order valence-corrected chi connectivity index (χ4v) is 3.18. The average Bonchev–Trinajstić information content (AvgIpc) is 2.73. The molecule has 0 radical (unpaired) electrons. The summed E-state index contributed by atoms with van der Waals surface area (Å²) in [6.07, 6.45) is 0. The zero-order valence-corrected chi connectivity index (χ0v) is 16.4. The van der Waals surface area contributed by atoms with Gasteiger partial charge in [0.05, 0.1) is 5.39 Å². The topological polar surface area (TPSA) is 56.5 Å². The lowest BCUT2D eigenvalue weighted by Crippen LogP contribution is -2.17. The van der Waals surface area contributed by atoms with E-state index in [4.69, 9.17) is 20.8 Å². The standard InChI is InChI=1S/C24H17ClO4/c1-15-7-12-19-21(13-15)29-23(17-8-10-18(25)11-9-17)24(22(19)27)28-14-20(26)16-5-3-2-4-6-16/h2-13H,14H2,1H3. The van der Waals surface area contributed by atoms with Crippen LogP contribution in [0.4, 0.5) is 0 Å². The molecule has 3 aromatic carbocycles. The highest BCUT2D eigenvalue weighted by Gasteiger charge is 2.19. The van der Waals surface area contributed by atoms with Crippen LogP contribution >= 0.6 is 11.6 Å². The van der Waals surface area contributed by atoms with Gasteiger partial charge in [0, 0.05) is 16.1 Å². The number of hydrogen-bond acceptors (Lipinski definition) is 4. The molecule has 1 heterocycles. The lowest BCUT2D eigenvalue weighted by Gasteiger charge is -2.12. The molecule has 4 nitrogen and oxygen atoms in total. The van der Waals surface area contributed by atoms with Crippen LogP contribution in [-0.4, -0.2) is 12.4 Å². The summed E-state index contributed by atoms with van der Waals surface area (Å²) >= 11 is 5.99. The Kier molecular flexibility index (Phi) is 5.19. The van der Waals surface area contributed by atoms with Crippen LogP contribution in [0, 0.1) is 6.92 Å². The van der Waals surface area contributed by atoms with Crippen LogP contribution in [0.25, 0.3) is 22.3 Å². The van der Waals surface area contributed by atoms with E-state index in [0.717, 1.165) is 5.56 Å². The van der Waals surface area contributed by atoms with Crippen molar-refractivity contribution >= 4 is 28.4 Å². The second-order valence-electron chi connectivity index (χ2n) is 6.67. The normalized spacial score (nSPS) is 10.8. The van der Waals surface area contributed by atoms with E-state index in [1.807, 2.05) is 19.1 Å². The fraction of sp³-hybridized carbons (Fsp3) is 0.0833. The van der Waals surface area contributed by atoms with Gasteiger partial charge in [0.15, 0.2) is 18.2 Å². The fourth-order valence-electron chi connectivity index (χ4n) is 3.05. The van der Waals surface area contributed by atoms with Crippen LogP contribution in [0.3, 0.4) is 0 Å². The molecular formula is C24H17ClO4. The predicted molar refractivity (Wildman–Crippen MR) is 114 cm³/mol. The summed E-state index contributed by atoms with van der Waals surface area (Å²) in [5, 5.41) is 0.963. The van der Waals surface area contributed by atoms with Crippen molar-refractivity contribution in [3.8, 4) is 17.1 Å². The highest BCUT2D eigenvalue weighted by atomic mass is 35.5. The van der Waals surface area contributed by atoms with Gasteiger partial charge < -0.3 is 9.15 Å². The Morgan fingerprint density at radius 2 is 1.72 bits per heavy atom. The van der Waals surface area contributed by atoms with E-state index < -0.39 is 0 Å². The Balaban J connectivity index is 1.80. The smallest absolute Gasteiger partial charge is 0.235 e. The van der Waals surface area contributed by atoms with Crippen molar-refractivity contribution in [2.75, 3.05) is 6.61 Å². The van der Waals surface area contributed by atoms with Gasteiger partial charge in [0.25, 0.3) is 0 Å². The molecule has 0 atom stereocenters. The van der Waals surface area contributed by atoms with E-state index in [2.05, 4.69) is 0 Å². The molecule has 0 saturated heterocycles. The first-order chi connectivity index (χ1) is 14.0. The largest absolute Gasteiger partial charge is 0.478 e. The van der Waals surface area contributed by atoms with E-state index in [1.54, 1.807) is 60.7 Å². The van der Waals surface area contributed by atoms with Crippen molar-refractivity contribution in [2.45, 2.75) is 6.92 Å². The molecular weight excluding hydrogens is 388 g/mol. The third kappa shape index (κ3) is 3.93. The van der Waals surface area contributed by atoms with Crippen molar-refractivity contribution in [2.24, 2.45) is 0 Å². The van der Waals surface area contributed by atoms with Crippen LogP contribution in [0.5, 0.6) is 5.75 Å². The van der Waals surface area contributed by atoms with E-state index >= 15 is 0 Å². The molecule has 0 N–H and O–H groups in total. The summed E-state index contributed by atoms with van der Waals surface area (Å²) in [5.74, 6) is 0.0506. The highest BCUT2D eigenvalue weighted by Crippen LogP contribution is 2.32. The number of ether oxygens (including phenoxy) is 1. The minimum atomic E-state index is -0.322. The maximum Gasteiger partial charge on any atom is 0.235 e. The third-order valence-electron chi connectivity index (χ3n) is 4.56. The van der Waals surface area contributed by atoms with Crippen LogP contribution in [0.2, 0.25) is 5.02 Å². The minimum absolute atomic E-state index is 0.00737. The first kappa shape index (κ1) is 19.0. The van der Waals surface area contributed by atoms with Crippen molar-refractivity contribution in [3.05, 3.63) is 99.2 Å². The molecule has 0 amide bonds. The van der Waals surface area contributed by atoms with Gasteiger partial charge in [0.1, 0.15) is 5.58 Å². The number of ketones is 1. The Labute approximate surface area is 172 Å². The molecule has 5 heteroatoms. The van der Waals surface area contributed by atoms with Gasteiger partial charge in [0.2, 0.25) is 11.2 Å². The predicted octanol–water partition coefficient (Wildman–Crippen LogP) is 5.68. The van der Waals surface area contributed by atoms with Gasteiger partial charge in [-0.1, -0.05) is 48.0 Å². The molecule has 0 aliphatic carbocycles. The third-order valence-corrected chi connectivity index (χ3v) is 4.81. The average molecular weight is 405 g/mol. The van der Waals surface area contributed by atoms with Crippen LogP contribution in [0.15, 0.2) is 82.0 Å². The second-order valence-corrected chi connectivity index (χ2v) is 7.11. The Morgan fingerprint density at radius 3 is 2.45 bits per heavy atom. The van der Waals surface area contributed by atoms with E-state index in [-0.39, 0.29) is 29.3 Å². The molecule has 4 aromatic rings. The van der Waals surface area contributed by atoms with Crippen LogP contribution < -0.4 is 10.2 Å². The van der Waals surface area contributed by atoms with Gasteiger partial charge in [-0.2, -0.15) is 0 Å². The summed E-state index contributed by atoms with van der Waals surface area (Å²) in [7, 11) is 0. The van der Waals surface area contributed by atoms with Crippen molar-refractivity contribution in [1.82, 2.24) is 0 Å². The maximum absolute atomic E-state index is 13.1. The Morgan fingerprint density at radius 1 is 1.00 bits per heavy atom. The summed E-state index contributed by atoms with van der Waals surface area (Å²) in [6, 6.07) is 21.0. The Hall–Kier alpha value is -3.37. The summed E-state index contributed by atoms with van der Waals surface area (Å²) in [4.78, 5) is 25.6. The first-order valence-corrected chi connectivity index (χ1v) is 9.45. The number of fused-ring (bicyclic) bond motifs is 1. The van der Waals surface area contributed by atoms with Crippen molar-refractivity contribution in [3.63, 3.8) is 0 Å². The number of carbonyl (C=O) groups excluding carboxylic acids is 1. The van der Waals surface area contributed by atoms with Gasteiger partial charge in [-0.25, -0.2) is 0 Å². The number of Topliss-reactive ketones (excluding diaryl/α,β-unsaturated/α-hetero) is 1. The molecule has 29 heavy (non-hydrogen) atoms. The molecule has 4 rings (SSSR count). The lowest BCUT2D eigenvalue weighted by molar-refractivity contribution is 0.0920. The zero-order chi connectivity index (χ0) is 20.4. The number of hydrogen-bond donors (Lipinski definition) is 0. The maximum atomic E-state index is 13.1. The van der Waals surface area contributed by atoms with E-state index in [9.17, 15) is 9.59 Å². The number of aryl methyl sites for hydroxylation is 1.